The quantitative estimate of drug-likeness (QED) is 0.682. The summed E-state index contributed by atoms with van der Waals surface area (Å²) in [7, 11) is 0. The Hall–Kier alpha value is -2.85. The number of hydrogen-bond acceptors (Lipinski definition) is 3. The van der Waals surface area contributed by atoms with E-state index in [2.05, 4.69) is 15.6 Å². The Morgan fingerprint density at radius 1 is 0.960 bits per heavy atom. The third-order valence-corrected chi connectivity index (χ3v) is 3.90. The second-order valence-electron chi connectivity index (χ2n) is 5.77. The van der Waals surface area contributed by atoms with Gasteiger partial charge in [-0.2, -0.15) is 0 Å². The summed E-state index contributed by atoms with van der Waals surface area (Å²) in [5, 5.41) is 6.72. The Kier molecular flexibility index (Phi) is 5.31. The Bertz CT molecular complexity index is 844. The number of carbonyl (C=O) groups excluding carboxylic acids is 1. The van der Waals surface area contributed by atoms with E-state index in [1.165, 1.54) is 5.56 Å². The molecule has 3 aromatic rings. The molecule has 126 valence electrons. The molecule has 0 atom stereocenters. The highest BCUT2D eigenvalue weighted by atomic mass is 35.5. The molecule has 2 aromatic carbocycles. The summed E-state index contributed by atoms with van der Waals surface area (Å²) in [5.41, 5.74) is 3.97. The van der Waals surface area contributed by atoms with Crippen molar-refractivity contribution in [3.05, 3.63) is 83.0 Å². The van der Waals surface area contributed by atoms with Gasteiger partial charge in [-0.25, -0.2) is 4.98 Å². The van der Waals surface area contributed by atoms with E-state index in [-0.39, 0.29) is 12.3 Å². The Labute approximate surface area is 151 Å². The molecule has 0 saturated heterocycles. The van der Waals surface area contributed by atoms with Crippen LogP contribution >= 0.6 is 11.6 Å². The van der Waals surface area contributed by atoms with E-state index in [4.69, 9.17) is 11.6 Å². The molecule has 4 nitrogen and oxygen atoms in total. The molecule has 5 heteroatoms. The van der Waals surface area contributed by atoms with Crippen molar-refractivity contribution < 1.29 is 4.79 Å². The summed E-state index contributed by atoms with van der Waals surface area (Å²) in [4.78, 5) is 16.3. The zero-order chi connectivity index (χ0) is 17.6. The fourth-order valence-corrected chi connectivity index (χ4v) is 2.45. The predicted octanol–water partition coefficient (Wildman–Crippen LogP) is 4.97. The molecule has 0 radical (unpaired) electrons. The molecule has 25 heavy (non-hydrogen) atoms. The first kappa shape index (κ1) is 17.0. The van der Waals surface area contributed by atoms with Crippen molar-refractivity contribution in [2.45, 2.75) is 13.3 Å². The van der Waals surface area contributed by atoms with Gasteiger partial charge in [-0.1, -0.05) is 41.4 Å². The lowest BCUT2D eigenvalue weighted by Gasteiger charge is -2.08. The van der Waals surface area contributed by atoms with Crippen molar-refractivity contribution in [2.24, 2.45) is 0 Å². The number of rotatable bonds is 5. The molecule has 1 aromatic heterocycles. The molecule has 1 heterocycles. The Morgan fingerprint density at radius 2 is 1.64 bits per heavy atom. The van der Waals surface area contributed by atoms with Crippen LogP contribution in [0.3, 0.4) is 0 Å². The predicted molar refractivity (Wildman–Crippen MR) is 102 cm³/mol. The van der Waals surface area contributed by atoms with Crippen molar-refractivity contribution >= 4 is 34.7 Å². The average molecular weight is 352 g/mol. The van der Waals surface area contributed by atoms with Crippen molar-refractivity contribution in [1.29, 1.82) is 0 Å². The van der Waals surface area contributed by atoms with Crippen LogP contribution in [0.4, 0.5) is 17.2 Å². The number of halogens is 1. The van der Waals surface area contributed by atoms with Crippen LogP contribution in [-0.4, -0.2) is 10.9 Å². The lowest BCUT2D eigenvalue weighted by molar-refractivity contribution is -0.115. The molecule has 0 saturated carbocycles. The lowest BCUT2D eigenvalue weighted by Crippen LogP contribution is -2.15. The number of nitrogens with one attached hydrogen (secondary N) is 2. The van der Waals surface area contributed by atoms with E-state index in [1.54, 1.807) is 24.4 Å². The first-order valence-corrected chi connectivity index (χ1v) is 8.30. The molecule has 0 aliphatic carbocycles. The van der Waals surface area contributed by atoms with Crippen LogP contribution in [0.2, 0.25) is 5.02 Å². The maximum Gasteiger partial charge on any atom is 0.229 e. The first-order valence-electron chi connectivity index (χ1n) is 7.92. The number of hydrogen-bond donors (Lipinski definition) is 2. The van der Waals surface area contributed by atoms with Crippen molar-refractivity contribution in [2.75, 3.05) is 10.6 Å². The van der Waals surface area contributed by atoms with Gasteiger partial charge in [0.2, 0.25) is 5.91 Å². The number of aryl methyl sites for hydroxylation is 1. The monoisotopic (exact) mass is 351 g/mol. The third-order valence-electron chi connectivity index (χ3n) is 3.65. The smallest absolute Gasteiger partial charge is 0.229 e. The van der Waals surface area contributed by atoms with Gasteiger partial charge >= 0.3 is 0 Å². The van der Waals surface area contributed by atoms with Gasteiger partial charge in [-0.15, -0.1) is 0 Å². The van der Waals surface area contributed by atoms with E-state index >= 15 is 0 Å². The van der Waals surface area contributed by atoms with Gasteiger partial charge in [0.15, 0.2) is 0 Å². The molecule has 2 N–H and O–H groups in total. The highest BCUT2D eigenvalue weighted by Crippen LogP contribution is 2.17. The van der Waals surface area contributed by atoms with E-state index in [9.17, 15) is 4.79 Å². The fourth-order valence-electron chi connectivity index (χ4n) is 2.32. The summed E-state index contributed by atoms with van der Waals surface area (Å²) in [6.07, 6.45) is 1.97. The standard InChI is InChI=1S/C20H18ClN3O/c1-14-2-8-17(9-3-14)23-18-10-11-19(22-13-18)24-20(25)12-15-4-6-16(21)7-5-15/h2-11,13,23H,12H2,1H3,(H,22,24,25). The number of anilines is 3. The minimum Gasteiger partial charge on any atom is -0.354 e. The molecular formula is C20H18ClN3O. The molecule has 0 fully saturated rings. The van der Waals surface area contributed by atoms with E-state index in [1.807, 2.05) is 49.4 Å². The molecule has 0 aliphatic heterocycles. The number of pyridine rings is 1. The summed E-state index contributed by atoms with van der Waals surface area (Å²) < 4.78 is 0. The second-order valence-corrected chi connectivity index (χ2v) is 6.21. The fraction of sp³-hybridized carbons (Fsp3) is 0.100. The highest BCUT2D eigenvalue weighted by Gasteiger charge is 2.05. The number of aromatic nitrogens is 1. The van der Waals surface area contributed by atoms with Crippen molar-refractivity contribution in [3.8, 4) is 0 Å². The van der Waals surface area contributed by atoms with Crippen LogP contribution in [0.1, 0.15) is 11.1 Å². The van der Waals surface area contributed by atoms with Gasteiger partial charge < -0.3 is 10.6 Å². The Morgan fingerprint density at radius 3 is 2.28 bits per heavy atom. The minimum absolute atomic E-state index is 0.117. The summed E-state index contributed by atoms with van der Waals surface area (Å²) >= 11 is 5.84. The number of amides is 1. The topological polar surface area (TPSA) is 54.0 Å². The van der Waals surface area contributed by atoms with E-state index in [0.717, 1.165) is 16.9 Å². The summed E-state index contributed by atoms with van der Waals surface area (Å²) in [5.74, 6) is 0.405. The molecular weight excluding hydrogens is 334 g/mol. The number of nitrogens with zero attached hydrogens (tertiary/aromatic N) is 1. The van der Waals surface area contributed by atoms with Gasteiger partial charge in [0.1, 0.15) is 5.82 Å². The number of benzene rings is 2. The summed E-state index contributed by atoms with van der Waals surface area (Å²) in [6, 6.07) is 19.0. The molecule has 1 amide bonds. The zero-order valence-corrected chi connectivity index (χ0v) is 14.5. The van der Waals surface area contributed by atoms with Crippen molar-refractivity contribution in [1.82, 2.24) is 4.98 Å². The second kappa shape index (κ2) is 7.81. The van der Waals surface area contributed by atoms with Crippen LogP contribution in [0, 0.1) is 6.92 Å². The molecule has 0 aliphatic rings. The van der Waals surface area contributed by atoms with Crippen LogP contribution in [0.5, 0.6) is 0 Å². The molecule has 0 unspecified atom stereocenters. The van der Waals surface area contributed by atoms with Gasteiger partial charge in [0.05, 0.1) is 18.3 Å². The Balaban J connectivity index is 1.57. The summed E-state index contributed by atoms with van der Waals surface area (Å²) in [6.45, 7) is 2.05. The maximum atomic E-state index is 12.1. The first-order chi connectivity index (χ1) is 12.1. The largest absolute Gasteiger partial charge is 0.354 e. The maximum absolute atomic E-state index is 12.1. The lowest BCUT2D eigenvalue weighted by atomic mass is 10.1. The van der Waals surface area contributed by atoms with Crippen LogP contribution in [0.15, 0.2) is 66.9 Å². The minimum atomic E-state index is -0.117. The van der Waals surface area contributed by atoms with Crippen LogP contribution in [0.25, 0.3) is 0 Å². The number of carbonyl (C=O) groups is 1. The normalized spacial score (nSPS) is 10.3. The van der Waals surface area contributed by atoms with E-state index in [0.29, 0.717) is 10.8 Å². The van der Waals surface area contributed by atoms with Crippen LogP contribution < -0.4 is 10.6 Å². The van der Waals surface area contributed by atoms with Crippen LogP contribution in [-0.2, 0) is 11.2 Å². The molecule has 0 bridgehead atoms. The van der Waals surface area contributed by atoms with E-state index < -0.39 is 0 Å². The van der Waals surface area contributed by atoms with Gasteiger partial charge in [0, 0.05) is 10.7 Å². The van der Waals surface area contributed by atoms with Gasteiger partial charge in [-0.05, 0) is 48.9 Å². The van der Waals surface area contributed by atoms with Gasteiger partial charge in [0.25, 0.3) is 0 Å². The SMILES string of the molecule is Cc1ccc(Nc2ccc(NC(=O)Cc3ccc(Cl)cc3)nc2)cc1. The third kappa shape index (κ3) is 5.06. The highest BCUT2D eigenvalue weighted by molar-refractivity contribution is 6.30. The molecule has 3 rings (SSSR count). The molecule has 0 spiro atoms. The average Bonchev–Trinajstić information content (AvgIpc) is 2.61. The zero-order valence-electron chi connectivity index (χ0n) is 13.8. The van der Waals surface area contributed by atoms with Crippen molar-refractivity contribution in [3.63, 3.8) is 0 Å². The van der Waals surface area contributed by atoms with Gasteiger partial charge in [-0.3, -0.25) is 4.79 Å².